The highest BCUT2D eigenvalue weighted by atomic mass is 32.1. The number of nitrogens with two attached hydrogens (primary N) is 1. The van der Waals surface area contributed by atoms with Crippen LogP contribution in [0.5, 0.6) is 5.75 Å². The molecule has 0 saturated heterocycles. The second-order valence-electron chi connectivity index (χ2n) is 5.51. The maximum absolute atomic E-state index is 5.60. The molecule has 0 atom stereocenters. The van der Waals surface area contributed by atoms with Crippen LogP contribution in [0.2, 0.25) is 0 Å². The Morgan fingerprint density at radius 2 is 1.90 bits per heavy atom. The Hall–Kier alpha value is -1.13. The van der Waals surface area contributed by atoms with E-state index >= 15 is 0 Å². The zero-order valence-corrected chi connectivity index (χ0v) is 13.6. The van der Waals surface area contributed by atoms with Gasteiger partial charge < -0.3 is 15.4 Å². The van der Waals surface area contributed by atoms with Crippen molar-refractivity contribution in [2.75, 3.05) is 26.7 Å². The summed E-state index contributed by atoms with van der Waals surface area (Å²) in [6.45, 7) is 7.54. The van der Waals surface area contributed by atoms with Gasteiger partial charge in [-0.25, -0.2) is 0 Å². The van der Waals surface area contributed by atoms with E-state index in [4.69, 9.17) is 22.7 Å². The van der Waals surface area contributed by atoms with Crippen molar-refractivity contribution in [2.45, 2.75) is 26.7 Å². The van der Waals surface area contributed by atoms with Crippen molar-refractivity contribution in [3.63, 3.8) is 0 Å². The van der Waals surface area contributed by atoms with E-state index in [0.29, 0.717) is 10.9 Å². The van der Waals surface area contributed by atoms with Crippen LogP contribution in [0.4, 0.5) is 0 Å². The van der Waals surface area contributed by atoms with Crippen molar-refractivity contribution >= 4 is 17.2 Å². The average Bonchev–Trinajstić information content (AvgIpc) is 2.42. The Kier molecular flexibility index (Phi) is 7.55. The summed E-state index contributed by atoms with van der Waals surface area (Å²) in [6.07, 6.45) is 1.83. The first kappa shape index (κ1) is 16.9. The third-order valence-electron chi connectivity index (χ3n) is 3.17. The average molecular weight is 294 g/mol. The number of benzene rings is 1. The molecule has 0 bridgehead atoms. The molecular formula is C16H26N2OS. The maximum Gasteiger partial charge on any atom is 0.118 e. The molecule has 0 aliphatic rings. The smallest absolute Gasteiger partial charge is 0.118 e. The van der Waals surface area contributed by atoms with Crippen LogP contribution in [-0.2, 0) is 6.42 Å². The number of thiocarbonyl (C=S) groups is 1. The van der Waals surface area contributed by atoms with Gasteiger partial charge in [0.25, 0.3) is 0 Å². The molecule has 0 aliphatic heterocycles. The molecule has 1 aromatic carbocycles. The summed E-state index contributed by atoms with van der Waals surface area (Å²) in [4.78, 5) is 3.04. The highest BCUT2D eigenvalue weighted by Crippen LogP contribution is 2.12. The zero-order chi connectivity index (χ0) is 15.0. The fraction of sp³-hybridized carbons (Fsp3) is 0.562. The van der Waals surface area contributed by atoms with Crippen LogP contribution in [0.3, 0.4) is 0 Å². The zero-order valence-electron chi connectivity index (χ0n) is 12.8. The molecule has 0 aliphatic carbocycles. The van der Waals surface area contributed by atoms with Crippen LogP contribution in [0.15, 0.2) is 24.3 Å². The quantitative estimate of drug-likeness (QED) is 0.711. The number of methoxy groups -OCH3 is 1. The lowest BCUT2D eigenvalue weighted by atomic mass is 10.1. The number of hydrogen-bond donors (Lipinski definition) is 1. The molecule has 4 heteroatoms. The molecule has 0 saturated carbocycles. The Labute approximate surface area is 128 Å². The molecule has 2 N–H and O–H groups in total. The number of ether oxygens (including phenoxy) is 1. The number of hydrogen-bond acceptors (Lipinski definition) is 3. The molecule has 112 valence electrons. The van der Waals surface area contributed by atoms with E-state index in [2.05, 4.69) is 30.9 Å². The molecule has 1 aromatic rings. The van der Waals surface area contributed by atoms with E-state index in [9.17, 15) is 0 Å². The van der Waals surface area contributed by atoms with Crippen LogP contribution in [-0.4, -0.2) is 36.6 Å². The minimum atomic E-state index is 0.600. The van der Waals surface area contributed by atoms with Crippen LogP contribution in [0.1, 0.15) is 25.8 Å². The fourth-order valence-corrected chi connectivity index (χ4v) is 2.25. The van der Waals surface area contributed by atoms with E-state index in [-0.39, 0.29) is 0 Å². The number of rotatable bonds is 9. The van der Waals surface area contributed by atoms with Crippen molar-refractivity contribution in [1.29, 1.82) is 0 Å². The normalized spacial score (nSPS) is 11.1. The van der Waals surface area contributed by atoms with Gasteiger partial charge in [-0.15, -0.1) is 0 Å². The highest BCUT2D eigenvalue weighted by molar-refractivity contribution is 7.80. The predicted molar refractivity (Wildman–Crippen MR) is 89.4 cm³/mol. The van der Waals surface area contributed by atoms with Gasteiger partial charge >= 0.3 is 0 Å². The summed E-state index contributed by atoms with van der Waals surface area (Å²) >= 11 is 4.97. The van der Waals surface area contributed by atoms with Gasteiger partial charge in [-0.3, -0.25) is 0 Å². The first-order chi connectivity index (χ1) is 9.51. The Morgan fingerprint density at radius 3 is 2.40 bits per heavy atom. The monoisotopic (exact) mass is 294 g/mol. The molecule has 0 aromatic heterocycles. The SMILES string of the molecule is COc1ccc(CCN(CCC(N)=S)CC(C)C)cc1. The van der Waals surface area contributed by atoms with Gasteiger partial charge in [-0.05, 0) is 30.0 Å². The third-order valence-corrected chi connectivity index (χ3v) is 3.38. The second-order valence-corrected chi connectivity index (χ2v) is 6.03. The maximum atomic E-state index is 5.60. The van der Waals surface area contributed by atoms with Crippen molar-refractivity contribution in [3.05, 3.63) is 29.8 Å². The van der Waals surface area contributed by atoms with Gasteiger partial charge in [0.2, 0.25) is 0 Å². The topological polar surface area (TPSA) is 38.5 Å². The Bertz CT molecular complexity index is 403. The molecule has 0 heterocycles. The van der Waals surface area contributed by atoms with Gasteiger partial charge in [0.1, 0.15) is 5.75 Å². The largest absolute Gasteiger partial charge is 0.497 e. The molecule has 0 unspecified atom stereocenters. The summed E-state index contributed by atoms with van der Waals surface area (Å²) in [5.41, 5.74) is 6.93. The van der Waals surface area contributed by atoms with Gasteiger partial charge in [0.05, 0.1) is 12.1 Å². The molecule has 1 rings (SSSR count). The fourth-order valence-electron chi connectivity index (χ4n) is 2.16. The molecule has 3 nitrogen and oxygen atoms in total. The molecule has 0 fully saturated rings. The van der Waals surface area contributed by atoms with E-state index in [1.165, 1.54) is 5.56 Å². The predicted octanol–water partition coefficient (Wildman–Crippen LogP) is 2.87. The summed E-state index contributed by atoms with van der Waals surface area (Å²) in [6, 6.07) is 8.27. The number of nitrogens with zero attached hydrogens (tertiary/aromatic N) is 1. The van der Waals surface area contributed by atoms with Crippen molar-refractivity contribution in [3.8, 4) is 5.75 Å². The summed E-state index contributed by atoms with van der Waals surface area (Å²) in [5.74, 6) is 1.55. The van der Waals surface area contributed by atoms with Crippen LogP contribution >= 0.6 is 12.2 Å². The molecule has 0 radical (unpaired) electrons. The van der Waals surface area contributed by atoms with Crippen molar-refractivity contribution < 1.29 is 4.74 Å². The highest BCUT2D eigenvalue weighted by Gasteiger charge is 2.08. The molecular weight excluding hydrogens is 268 g/mol. The van der Waals surface area contributed by atoms with E-state index in [0.717, 1.165) is 38.2 Å². The lowest BCUT2D eigenvalue weighted by Gasteiger charge is -2.24. The van der Waals surface area contributed by atoms with Crippen LogP contribution in [0.25, 0.3) is 0 Å². The van der Waals surface area contributed by atoms with Gasteiger partial charge in [0.15, 0.2) is 0 Å². The summed E-state index contributed by atoms with van der Waals surface area (Å²) in [7, 11) is 1.69. The first-order valence-corrected chi connectivity index (χ1v) is 7.55. The summed E-state index contributed by atoms with van der Waals surface area (Å²) < 4.78 is 5.17. The lowest BCUT2D eigenvalue weighted by Crippen LogP contribution is -2.32. The third kappa shape index (κ3) is 6.87. The van der Waals surface area contributed by atoms with Crippen LogP contribution < -0.4 is 10.5 Å². The van der Waals surface area contributed by atoms with Crippen LogP contribution in [0, 0.1) is 5.92 Å². The molecule has 0 amide bonds. The van der Waals surface area contributed by atoms with Crippen molar-refractivity contribution in [2.24, 2.45) is 11.7 Å². The Morgan fingerprint density at radius 1 is 1.25 bits per heavy atom. The minimum absolute atomic E-state index is 0.600. The lowest BCUT2D eigenvalue weighted by molar-refractivity contribution is 0.253. The second kappa shape index (κ2) is 8.93. The Balaban J connectivity index is 2.48. The van der Waals surface area contributed by atoms with E-state index in [1.54, 1.807) is 7.11 Å². The standard InChI is InChI=1S/C16H26N2OS/c1-13(2)12-18(11-9-16(17)20)10-8-14-4-6-15(19-3)7-5-14/h4-7,13H,8-12H2,1-3H3,(H2,17,20). The van der Waals surface area contributed by atoms with E-state index < -0.39 is 0 Å². The van der Waals surface area contributed by atoms with Gasteiger partial charge in [-0.2, -0.15) is 0 Å². The van der Waals surface area contributed by atoms with E-state index in [1.807, 2.05) is 12.1 Å². The minimum Gasteiger partial charge on any atom is -0.497 e. The van der Waals surface area contributed by atoms with Gasteiger partial charge in [-0.1, -0.05) is 38.2 Å². The van der Waals surface area contributed by atoms with Gasteiger partial charge in [0, 0.05) is 26.1 Å². The molecule has 20 heavy (non-hydrogen) atoms. The van der Waals surface area contributed by atoms with Crippen molar-refractivity contribution in [1.82, 2.24) is 4.90 Å². The molecule has 0 spiro atoms. The summed E-state index contributed by atoms with van der Waals surface area (Å²) in [5, 5.41) is 0. The first-order valence-electron chi connectivity index (χ1n) is 7.15.